The highest BCUT2D eigenvalue weighted by atomic mass is 35.5. The largest absolute Gasteiger partial charge is 0.396 e. The summed E-state index contributed by atoms with van der Waals surface area (Å²) in [5, 5.41) is 16.9. The average molecular weight is 441 g/mol. The first-order valence-corrected chi connectivity index (χ1v) is 10.2. The summed E-state index contributed by atoms with van der Waals surface area (Å²) in [6.07, 6.45) is 9.82. The Hall–Kier alpha value is -3.23. The number of rotatable bonds is 7. The molecule has 3 heterocycles. The number of hydrogen-bond donors (Lipinski definition) is 2. The number of aliphatic hydroxyl groups is 1. The lowest BCUT2D eigenvalue weighted by atomic mass is 10.0. The van der Waals surface area contributed by atoms with Gasteiger partial charge in [0.25, 0.3) is 0 Å². The van der Waals surface area contributed by atoms with Crippen molar-refractivity contribution >= 4 is 28.9 Å². The van der Waals surface area contributed by atoms with Gasteiger partial charge in [0.2, 0.25) is 5.95 Å². The third-order valence-corrected chi connectivity index (χ3v) is 5.42. The Morgan fingerprint density at radius 2 is 2.13 bits per heavy atom. The van der Waals surface area contributed by atoms with Gasteiger partial charge in [0, 0.05) is 38.7 Å². The third kappa shape index (κ3) is 4.76. The molecule has 0 fully saturated rings. The average Bonchev–Trinajstić information content (AvgIpc) is 3.19. The molecule has 1 aliphatic heterocycles. The van der Waals surface area contributed by atoms with Crippen LogP contribution in [0.4, 0.5) is 16.2 Å². The van der Waals surface area contributed by atoms with Crippen LogP contribution in [0.3, 0.4) is 0 Å². The zero-order chi connectivity index (χ0) is 21.8. The van der Waals surface area contributed by atoms with Crippen molar-refractivity contribution in [3.63, 3.8) is 0 Å². The molecule has 0 saturated heterocycles. The summed E-state index contributed by atoms with van der Waals surface area (Å²) in [6.45, 7) is 0.583. The van der Waals surface area contributed by atoms with Crippen LogP contribution in [0.5, 0.6) is 0 Å². The Morgan fingerprint density at radius 1 is 1.26 bits per heavy atom. The van der Waals surface area contributed by atoms with Crippen LogP contribution >= 0.6 is 11.6 Å². The van der Waals surface area contributed by atoms with E-state index in [0.717, 1.165) is 22.6 Å². The van der Waals surface area contributed by atoms with Crippen LogP contribution in [-0.4, -0.2) is 42.9 Å². The Kier molecular flexibility index (Phi) is 6.29. The van der Waals surface area contributed by atoms with Crippen molar-refractivity contribution in [2.24, 2.45) is 7.05 Å². The monoisotopic (exact) mass is 440 g/mol. The number of aliphatic hydroxyl groups excluding tert-OH is 1. The number of halogens is 2. The highest BCUT2D eigenvalue weighted by Crippen LogP contribution is 2.30. The molecule has 9 heteroatoms. The van der Waals surface area contributed by atoms with E-state index in [0.29, 0.717) is 18.9 Å². The van der Waals surface area contributed by atoms with E-state index in [-0.39, 0.29) is 17.7 Å². The summed E-state index contributed by atoms with van der Waals surface area (Å²) in [6, 6.07) is 8.28. The summed E-state index contributed by atoms with van der Waals surface area (Å²) >= 11 is 5.82. The summed E-state index contributed by atoms with van der Waals surface area (Å²) < 4.78 is 15.7. The molecule has 1 atom stereocenters. The molecule has 0 aliphatic carbocycles. The fourth-order valence-electron chi connectivity index (χ4n) is 3.49. The number of allylic oxidation sites excluding steroid dienone is 2. The van der Waals surface area contributed by atoms with E-state index in [1.807, 2.05) is 37.5 Å². The van der Waals surface area contributed by atoms with Crippen molar-refractivity contribution in [2.45, 2.75) is 12.5 Å². The third-order valence-electron chi connectivity index (χ3n) is 5.11. The fraction of sp³-hybridized carbons (Fsp3) is 0.227. The van der Waals surface area contributed by atoms with E-state index in [1.165, 1.54) is 6.07 Å². The van der Waals surface area contributed by atoms with Crippen molar-refractivity contribution in [1.82, 2.24) is 24.6 Å². The maximum atomic E-state index is 14.0. The first-order valence-electron chi connectivity index (χ1n) is 9.83. The lowest BCUT2D eigenvalue weighted by molar-refractivity contribution is 0.213. The van der Waals surface area contributed by atoms with Crippen LogP contribution < -0.4 is 5.32 Å². The molecule has 0 saturated carbocycles. The second-order valence-electron chi connectivity index (χ2n) is 7.10. The van der Waals surface area contributed by atoms with E-state index in [2.05, 4.69) is 25.3 Å². The minimum atomic E-state index is -0.464. The van der Waals surface area contributed by atoms with Crippen LogP contribution in [0.2, 0.25) is 5.02 Å². The smallest absolute Gasteiger partial charge is 0.228 e. The van der Waals surface area contributed by atoms with Gasteiger partial charge in [-0.25, -0.2) is 14.4 Å². The number of benzene rings is 1. The molecule has 0 unspecified atom stereocenters. The number of aryl methyl sites for hydroxylation is 1. The van der Waals surface area contributed by atoms with Gasteiger partial charge >= 0.3 is 0 Å². The molecule has 0 amide bonds. The van der Waals surface area contributed by atoms with E-state index >= 15 is 0 Å². The maximum absolute atomic E-state index is 14.0. The molecule has 2 aromatic heterocycles. The zero-order valence-electron chi connectivity index (χ0n) is 16.9. The van der Waals surface area contributed by atoms with Gasteiger partial charge < -0.3 is 15.3 Å². The highest BCUT2D eigenvalue weighted by Gasteiger charge is 2.20. The van der Waals surface area contributed by atoms with Gasteiger partial charge in [0.1, 0.15) is 11.6 Å². The number of nitrogens with one attached hydrogen (secondary N) is 1. The van der Waals surface area contributed by atoms with Crippen LogP contribution in [0.15, 0.2) is 61.1 Å². The number of anilines is 2. The molecule has 0 radical (unpaired) electrons. The quantitative estimate of drug-likeness (QED) is 0.576. The van der Waals surface area contributed by atoms with Crippen molar-refractivity contribution in [3.8, 4) is 0 Å². The maximum Gasteiger partial charge on any atom is 0.228 e. The Balaban J connectivity index is 1.50. The second kappa shape index (κ2) is 9.28. The molecule has 1 aromatic carbocycles. The van der Waals surface area contributed by atoms with E-state index in [4.69, 9.17) is 11.6 Å². The molecule has 2 N–H and O–H groups in total. The van der Waals surface area contributed by atoms with Crippen LogP contribution in [0, 0.1) is 5.82 Å². The predicted molar refractivity (Wildman–Crippen MR) is 118 cm³/mol. The minimum Gasteiger partial charge on any atom is -0.396 e. The summed E-state index contributed by atoms with van der Waals surface area (Å²) in [4.78, 5) is 10.9. The highest BCUT2D eigenvalue weighted by molar-refractivity contribution is 6.30. The standard InChI is InChI=1S/C22H22ClFN6O/c1-29-21(5-10-26-29)28-22-25-9-4-19(27-22)15-6-11-30(12-7-15)20(8-13-31)16-2-3-17(23)18(24)14-16/h2-7,9-11,14,20,31H,8,12-13H2,1H3,(H,25,27,28)/t20-/m1/s1. The zero-order valence-corrected chi connectivity index (χ0v) is 17.7. The number of aromatic nitrogens is 4. The molecular formula is C22H22ClFN6O. The molecule has 4 rings (SSSR count). The van der Waals surface area contributed by atoms with Crippen LogP contribution in [0.1, 0.15) is 23.7 Å². The van der Waals surface area contributed by atoms with Crippen molar-refractivity contribution in [1.29, 1.82) is 0 Å². The minimum absolute atomic E-state index is 0.00915. The van der Waals surface area contributed by atoms with E-state index < -0.39 is 5.82 Å². The van der Waals surface area contributed by atoms with Crippen molar-refractivity contribution < 1.29 is 9.50 Å². The fourth-order valence-corrected chi connectivity index (χ4v) is 3.60. The topological polar surface area (TPSA) is 79.1 Å². The lowest BCUT2D eigenvalue weighted by Crippen LogP contribution is -2.26. The van der Waals surface area contributed by atoms with Gasteiger partial charge in [0.15, 0.2) is 0 Å². The Bertz CT molecular complexity index is 1130. The SMILES string of the molecule is Cn1nccc1Nc1nccc(C2=CCN([C@H](CCO)c3ccc(Cl)c(F)c3)C=C2)n1. The summed E-state index contributed by atoms with van der Waals surface area (Å²) in [5.41, 5.74) is 2.51. The molecular weight excluding hydrogens is 419 g/mol. The van der Waals surface area contributed by atoms with Crippen LogP contribution in [0.25, 0.3) is 5.57 Å². The lowest BCUT2D eigenvalue weighted by Gasteiger charge is -2.32. The molecule has 0 spiro atoms. The Labute approximate surface area is 184 Å². The second-order valence-corrected chi connectivity index (χ2v) is 7.51. The summed E-state index contributed by atoms with van der Waals surface area (Å²) in [5.74, 6) is 0.805. The molecule has 160 valence electrons. The van der Waals surface area contributed by atoms with Crippen molar-refractivity contribution in [3.05, 3.63) is 83.2 Å². The first-order chi connectivity index (χ1) is 15.0. The molecule has 1 aliphatic rings. The normalized spacial score (nSPS) is 14.5. The van der Waals surface area contributed by atoms with Gasteiger partial charge in [-0.2, -0.15) is 5.10 Å². The Morgan fingerprint density at radius 3 is 2.81 bits per heavy atom. The summed E-state index contributed by atoms with van der Waals surface area (Å²) in [7, 11) is 1.84. The van der Waals surface area contributed by atoms with Gasteiger partial charge in [-0.3, -0.25) is 4.68 Å². The van der Waals surface area contributed by atoms with E-state index in [1.54, 1.807) is 29.2 Å². The molecule has 3 aromatic rings. The van der Waals surface area contributed by atoms with Crippen LogP contribution in [-0.2, 0) is 7.05 Å². The predicted octanol–water partition coefficient (Wildman–Crippen LogP) is 4.08. The van der Waals surface area contributed by atoms with Gasteiger partial charge in [-0.1, -0.05) is 23.7 Å². The van der Waals surface area contributed by atoms with E-state index in [9.17, 15) is 9.50 Å². The molecule has 31 heavy (non-hydrogen) atoms. The number of hydrogen-bond acceptors (Lipinski definition) is 6. The van der Waals surface area contributed by atoms with Gasteiger partial charge in [0.05, 0.1) is 23.0 Å². The van der Waals surface area contributed by atoms with Crippen molar-refractivity contribution in [2.75, 3.05) is 18.5 Å². The molecule has 0 bridgehead atoms. The van der Waals surface area contributed by atoms with Gasteiger partial charge in [-0.15, -0.1) is 0 Å². The first kappa shape index (κ1) is 21.0. The van der Waals surface area contributed by atoms with Gasteiger partial charge in [-0.05, 0) is 41.8 Å². The molecule has 7 nitrogen and oxygen atoms in total. The number of nitrogens with zero attached hydrogens (tertiary/aromatic N) is 5.